The Morgan fingerprint density at radius 3 is 2.67 bits per heavy atom. The van der Waals surface area contributed by atoms with Gasteiger partial charge in [0.2, 0.25) is 0 Å². The number of halogens is 1. The van der Waals surface area contributed by atoms with Crippen molar-refractivity contribution < 1.29 is 4.39 Å². The van der Waals surface area contributed by atoms with E-state index in [0.717, 1.165) is 22.0 Å². The SMILES string of the molecule is CNC(c1ccc(F)c(C)c1)c1nccc2ccccc12. The number of pyridine rings is 1. The van der Waals surface area contributed by atoms with Gasteiger partial charge in [-0.25, -0.2) is 4.39 Å². The van der Waals surface area contributed by atoms with E-state index in [1.165, 1.54) is 6.07 Å². The number of aryl methyl sites for hydroxylation is 1. The lowest BCUT2D eigenvalue weighted by molar-refractivity contribution is 0.613. The van der Waals surface area contributed by atoms with E-state index < -0.39 is 0 Å². The van der Waals surface area contributed by atoms with Gasteiger partial charge in [0, 0.05) is 11.6 Å². The molecule has 0 aliphatic heterocycles. The Kier molecular flexibility index (Phi) is 3.67. The summed E-state index contributed by atoms with van der Waals surface area (Å²) < 4.78 is 13.5. The number of aromatic nitrogens is 1. The van der Waals surface area contributed by atoms with Crippen molar-refractivity contribution in [2.45, 2.75) is 13.0 Å². The summed E-state index contributed by atoms with van der Waals surface area (Å²) in [5.74, 6) is -0.181. The molecule has 0 radical (unpaired) electrons. The molecule has 3 rings (SSSR count). The number of nitrogens with one attached hydrogen (secondary N) is 1. The van der Waals surface area contributed by atoms with Gasteiger partial charge in [0.05, 0.1) is 11.7 Å². The van der Waals surface area contributed by atoms with Crippen LogP contribution in [-0.2, 0) is 0 Å². The van der Waals surface area contributed by atoms with Crippen molar-refractivity contribution in [3.8, 4) is 0 Å². The normalized spacial score (nSPS) is 12.5. The summed E-state index contributed by atoms with van der Waals surface area (Å²) in [7, 11) is 1.90. The average Bonchev–Trinajstić information content (AvgIpc) is 2.52. The van der Waals surface area contributed by atoms with Crippen LogP contribution in [0.5, 0.6) is 0 Å². The Morgan fingerprint density at radius 2 is 1.90 bits per heavy atom. The van der Waals surface area contributed by atoms with Crippen LogP contribution in [0.25, 0.3) is 10.8 Å². The van der Waals surface area contributed by atoms with Crippen LogP contribution in [0.4, 0.5) is 4.39 Å². The summed E-state index contributed by atoms with van der Waals surface area (Å²) >= 11 is 0. The first-order valence-corrected chi connectivity index (χ1v) is 6.97. The highest BCUT2D eigenvalue weighted by Gasteiger charge is 2.17. The number of rotatable bonds is 3. The second-order valence-electron chi connectivity index (χ2n) is 5.15. The Hall–Kier alpha value is -2.26. The highest BCUT2D eigenvalue weighted by molar-refractivity contribution is 5.85. The number of nitrogens with zero attached hydrogens (tertiary/aromatic N) is 1. The molecule has 106 valence electrons. The fraction of sp³-hybridized carbons (Fsp3) is 0.167. The van der Waals surface area contributed by atoms with E-state index in [1.54, 1.807) is 6.92 Å². The maximum Gasteiger partial charge on any atom is 0.126 e. The summed E-state index contributed by atoms with van der Waals surface area (Å²) in [6, 6.07) is 15.3. The predicted molar refractivity (Wildman–Crippen MR) is 83.8 cm³/mol. The zero-order valence-corrected chi connectivity index (χ0v) is 12.1. The van der Waals surface area contributed by atoms with Crippen LogP contribution in [0.2, 0.25) is 0 Å². The monoisotopic (exact) mass is 280 g/mol. The molecule has 1 heterocycles. The zero-order valence-electron chi connectivity index (χ0n) is 12.1. The number of hydrogen-bond acceptors (Lipinski definition) is 2. The molecular formula is C18H17FN2. The molecule has 1 atom stereocenters. The highest BCUT2D eigenvalue weighted by Crippen LogP contribution is 2.27. The second-order valence-corrected chi connectivity index (χ2v) is 5.15. The van der Waals surface area contributed by atoms with Crippen LogP contribution in [-0.4, -0.2) is 12.0 Å². The van der Waals surface area contributed by atoms with E-state index in [2.05, 4.69) is 22.4 Å². The molecule has 0 spiro atoms. The lowest BCUT2D eigenvalue weighted by atomic mass is 9.97. The molecule has 3 heteroatoms. The summed E-state index contributed by atoms with van der Waals surface area (Å²) in [6.45, 7) is 1.78. The predicted octanol–water partition coefficient (Wildman–Crippen LogP) is 3.99. The van der Waals surface area contributed by atoms with Gasteiger partial charge < -0.3 is 5.32 Å². The van der Waals surface area contributed by atoms with E-state index >= 15 is 0 Å². The van der Waals surface area contributed by atoms with Gasteiger partial charge in [-0.05, 0) is 42.6 Å². The molecule has 0 bridgehead atoms. The molecule has 1 aromatic heterocycles. The zero-order chi connectivity index (χ0) is 14.8. The van der Waals surface area contributed by atoms with Crippen molar-refractivity contribution in [3.63, 3.8) is 0 Å². The lowest BCUT2D eigenvalue weighted by Crippen LogP contribution is -2.19. The largest absolute Gasteiger partial charge is 0.308 e. The molecular weight excluding hydrogens is 263 g/mol. The number of hydrogen-bond donors (Lipinski definition) is 1. The Bertz CT molecular complexity index is 778. The molecule has 2 aromatic carbocycles. The lowest BCUT2D eigenvalue weighted by Gasteiger charge is -2.18. The Morgan fingerprint density at radius 1 is 1.10 bits per heavy atom. The molecule has 0 fully saturated rings. The maximum atomic E-state index is 13.5. The molecule has 3 aromatic rings. The van der Waals surface area contributed by atoms with E-state index in [9.17, 15) is 4.39 Å². The van der Waals surface area contributed by atoms with Crippen molar-refractivity contribution >= 4 is 10.8 Å². The Balaban J connectivity index is 2.16. The first-order valence-electron chi connectivity index (χ1n) is 6.97. The van der Waals surface area contributed by atoms with Crippen molar-refractivity contribution in [1.29, 1.82) is 0 Å². The van der Waals surface area contributed by atoms with Gasteiger partial charge in [-0.3, -0.25) is 4.98 Å². The molecule has 1 unspecified atom stereocenters. The van der Waals surface area contributed by atoms with Crippen LogP contribution in [0.3, 0.4) is 0 Å². The topological polar surface area (TPSA) is 24.9 Å². The van der Waals surface area contributed by atoms with E-state index in [4.69, 9.17) is 0 Å². The molecule has 0 saturated carbocycles. The smallest absolute Gasteiger partial charge is 0.126 e. The highest BCUT2D eigenvalue weighted by atomic mass is 19.1. The fourth-order valence-corrected chi connectivity index (χ4v) is 2.68. The molecule has 0 aliphatic carbocycles. The molecule has 1 N–H and O–H groups in total. The first kappa shape index (κ1) is 13.7. The van der Waals surface area contributed by atoms with Crippen LogP contribution in [0.15, 0.2) is 54.7 Å². The summed E-state index contributed by atoms with van der Waals surface area (Å²) in [4.78, 5) is 4.55. The van der Waals surface area contributed by atoms with Crippen LogP contribution in [0, 0.1) is 12.7 Å². The van der Waals surface area contributed by atoms with Gasteiger partial charge in [-0.2, -0.15) is 0 Å². The third-order valence-electron chi connectivity index (χ3n) is 3.78. The first-order chi connectivity index (χ1) is 10.2. The molecule has 21 heavy (non-hydrogen) atoms. The van der Waals surface area contributed by atoms with E-state index in [1.807, 2.05) is 43.6 Å². The minimum atomic E-state index is -0.181. The van der Waals surface area contributed by atoms with Crippen molar-refractivity contribution in [1.82, 2.24) is 10.3 Å². The van der Waals surface area contributed by atoms with Crippen LogP contribution < -0.4 is 5.32 Å². The van der Waals surface area contributed by atoms with Gasteiger partial charge in [0.1, 0.15) is 5.82 Å². The quantitative estimate of drug-likeness (QED) is 0.784. The minimum absolute atomic E-state index is 0.0598. The number of fused-ring (bicyclic) bond motifs is 1. The Labute approximate surface area is 123 Å². The standard InChI is InChI=1S/C18H17FN2/c1-12-11-14(7-8-16(12)19)17(20-2)18-15-6-4-3-5-13(15)9-10-21-18/h3-11,17,20H,1-2H3. The number of benzene rings is 2. The maximum absolute atomic E-state index is 13.5. The fourth-order valence-electron chi connectivity index (χ4n) is 2.68. The van der Waals surface area contributed by atoms with Gasteiger partial charge >= 0.3 is 0 Å². The molecule has 0 aliphatic rings. The summed E-state index contributed by atoms with van der Waals surface area (Å²) in [5, 5.41) is 5.56. The minimum Gasteiger partial charge on any atom is -0.308 e. The van der Waals surface area contributed by atoms with Crippen molar-refractivity contribution in [2.24, 2.45) is 0 Å². The summed E-state index contributed by atoms with van der Waals surface area (Å²) in [5.41, 5.74) is 2.62. The molecule has 0 saturated heterocycles. The summed E-state index contributed by atoms with van der Waals surface area (Å²) in [6.07, 6.45) is 1.82. The molecule has 0 amide bonds. The average molecular weight is 280 g/mol. The molecule has 2 nitrogen and oxygen atoms in total. The van der Waals surface area contributed by atoms with Crippen molar-refractivity contribution in [3.05, 3.63) is 77.4 Å². The third-order valence-corrected chi connectivity index (χ3v) is 3.78. The second kappa shape index (κ2) is 5.62. The third kappa shape index (κ3) is 2.52. The van der Waals surface area contributed by atoms with E-state index in [0.29, 0.717) is 5.56 Å². The van der Waals surface area contributed by atoms with Crippen LogP contribution in [0.1, 0.15) is 22.9 Å². The van der Waals surface area contributed by atoms with Gasteiger partial charge in [0.15, 0.2) is 0 Å². The van der Waals surface area contributed by atoms with E-state index in [-0.39, 0.29) is 11.9 Å². The van der Waals surface area contributed by atoms with Crippen LogP contribution >= 0.6 is 0 Å². The van der Waals surface area contributed by atoms with Gasteiger partial charge in [0.25, 0.3) is 0 Å². The van der Waals surface area contributed by atoms with Crippen molar-refractivity contribution in [2.75, 3.05) is 7.05 Å². The van der Waals surface area contributed by atoms with Gasteiger partial charge in [-0.15, -0.1) is 0 Å². The van der Waals surface area contributed by atoms with Gasteiger partial charge in [-0.1, -0.05) is 36.4 Å².